The molecule has 0 unspecified atom stereocenters. The van der Waals surface area contributed by atoms with Crippen LogP contribution in [0.2, 0.25) is 10.2 Å². The van der Waals surface area contributed by atoms with Crippen molar-refractivity contribution < 1.29 is 27.9 Å². The first-order valence-electron chi connectivity index (χ1n) is 14.8. The van der Waals surface area contributed by atoms with Crippen molar-refractivity contribution in [2.75, 3.05) is 5.32 Å². The SMILES string of the molecule is C[C@@H]1CCC[C@H](n2cnc(-c3cc(Cl)ccc3-n3cc(Cl)nn3)cc2=O)c2ccnc(c2)-c2ccc(C#N)cc2NC1=O.O=C(O)C(F)(F)F. The predicted octanol–water partition coefficient (Wildman–Crippen LogP) is 6.71. The first-order valence-corrected chi connectivity index (χ1v) is 15.6. The van der Waals surface area contributed by atoms with Gasteiger partial charge in [0.05, 0.1) is 53.0 Å². The van der Waals surface area contributed by atoms with Gasteiger partial charge < -0.3 is 10.4 Å². The van der Waals surface area contributed by atoms with Gasteiger partial charge in [-0.2, -0.15) is 18.4 Å². The summed E-state index contributed by atoms with van der Waals surface area (Å²) in [5.74, 6) is -3.18. The highest BCUT2D eigenvalue weighted by Gasteiger charge is 2.38. The van der Waals surface area contributed by atoms with Gasteiger partial charge in [0.1, 0.15) is 0 Å². The molecule has 50 heavy (non-hydrogen) atoms. The van der Waals surface area contributed by atoms with E-state index < -0.39 is 12.1 Å². The van der Waals surface area contributed by atoms with Crippen LogP contribution in [0.25, 0.3) is 28.2 Å². The van der Waals surface area contributed by atoms with E-state index in [1.807, 2.05) is 19.1 Å². The number of nitrogens with zero attached hydrogens (tertiary/aromatic N) is 7. The third-order valence-corrected chi connectivity index (χ3v) is 8.18. The van der Waals surface area contributed by atoms with Gasteiger partial charge in [-0.3, -0.25) is 19.1 Å². The molecule has 1 amide bonds. The van der Waals surface area contributed by atoms with Gasteiger partial charge in [0, 0.05) is 34.3 Å². The van der Waals surface area contributed by atoms with Crippen LogP contribution in [0.4, 0.5) is 18.9 Å². The molecule has 6 rings (SSSR count). The summed E-state index contributed by atoms with van der Waals surface area (Å²) in [6.07, 6.45) is 1.59. The molecule has 2 aromatic carbocycles. The fourth-order valence-corrected chi connectivity index (χ4v) is 5.58. The molecule has 0 saturated carbocycles. The summed E-state index contributed by atoms with van der Waals surface area (Å²) in [4.78, 5) is 44.9. The van der Waals surface area contributed by atoms with Crippen LogP contribution < -0.4 is 10.9 Å². The summed E-state index contributed by atoms with van der Waals surface area (Å²) in [6.45, 7) is 1.87. The van der Waals surface area contributed by atoms with Gasteiger partial charge in [-0.1, -0.05) is 41.8 Å². The summed E-state index contributed by atoms with van der Waals surface area (Å²) in [5, 5.41) is 28.1. The Labute approximate surface area is 291 Å². The Hall–Kier alpha value is -5.59. The van der Waals surface area contributed by atoms with Crippen molar-refractivity contribution in [3.05, 3.63) is 105 Å². The minimum atomic E-state index is -5.08. The third kappa shape index (κ3) is 8.16. The van der Waals surface area contributed by atoms with Crippen LogP contribution in [0.3, 0.4) is 0 Å². The van der Waals surface area contributed by atoms with E-state index >= 15 is 0 Å². The zero-order valence-corrected chi connectivity index (χ0v) is 27.4. The molecule has 2 bridgehead atoms. The van der Waals surface area contributed by atoms with E-state index in [1.54, 1.807) is 53.4 Å². The molecule has 12 nitrogen and oxygen atoms in total. The molecular formula is C33H25Cl2F3N8O4. The van der Waals surface area contributed by atoms with Gasteiger partial charge in [0.2, 0.25) is 5.91 Å². The Balaban J connectivity index is 0.000000630. The molecular weight excluding hydrogens is 700 g/mol. The minimum absolute atomic E-state index is 0.140. The Kier molecular flexibility index (Phi) is 10.6. The highest BCUT2D eigenvalue weighted by atomic mass is 35.5. The highest BCUT2D eigenvalue weighted by molar-refractivity contribution is 6.31. The maximum absolute atomic E-state index is 13.7. The highest BCUT2D eigenvalue weighted by Crippen LogP contribution is 2.34. The number of alkyl halides is 3. The van der Waals surface area contributed by atoms with Crippen molar-refractivity contribution in [2.24, 2.45) is 5.92 Å². The van der Waals surface area contributed by atoms with E-state index in [2.05, 4.69) is 31.7 Å². The number of carboxylic acids is 1. The molecule has 3 aromatic heterocycles. The lowest BCUT2D eigenvalue weighted by Crippen LogP contribution is -2.26. The molecule has 2 N–H and O–H groups in total. The number of anilines is 1. The smallest absolute Gasteiger partial charge is 0.475 e. The van der Waals surface area contributed by atoms with Crippen LogP contribution in [0.15, 0.2) is 78.1 Å². The number of pyridine rings is 1. The van der Waals surface area contributed by atoms with Crippen molar-refractivity contribution in [1.29, 1.82) is 5.26 Å². The Bertz CT molecular complexity index is 2180. The topological polar surface area (TPSA) is 169 Å². The maximum Gasteiger partial charge on any atom is 0.490 e. The second-order valence-corrected chi connectivity index (χ2v) is 12.0. The van der Waals surface area contributed by atoms with Crippen LogP contribution >= 0.6 is 23.2 Å². The molecule has 0 radical (unpaired) electrons. The molecule has 1 aliphatic rings. The van der Waals surface area contributed by atoms with Crippen molar-refractivity contribution in [2.45, 2.75) is 38.4 Å². The fraction of sp³-hybridized carbons (Fsp3) is 0.212. The number of carboxylic acid groups (broad SMARTS) is 1. The minimum Gasteiger partial charge on any atom is -0.475 e. The summed E-state index contributed by atoms with van der Waals surface area (Å²) >= 11 is 12.3. The molecule has 0 saturated heterocycles. The van der Waals surface area contributed by atoms with Crippen LogP contribution in [0.1, 0.15) is 43.4 Å². The van der Waals surface area contributed by atoms with Gasteiger partial charge in [0.15, 0.2) is 5.15 Å². The average Bonchev–Trinajstić information content (AvgIpc) is 3.52. The number of hydrogen-bond acceptors (Lipinski definition) is 8. The maximum atomic E-state index is 13.7. The first kappa shape index (κ1) is 35.7. The second kappa shape index (κ2) is 14.9. The number of halogens is 5. The summed E-state index contributed by atoms with van der Waals surface area (Å²) in [7, 11) is 0. The van der Waals surface area contributed by atoms with Crippen LogP contribution in [-0.4, -0.2) is 52.7 Å². The normalized spacial score (nSPS) is 16.0. The number of nitriles is 1. The molecule has 5 aromatic rings. The average molecular weight is 726 g/mol. The number of nitrogens with one attached hydrogen (secondary N) is 1. The number of carbonyl (C=O) groups is 2. The number of aromatic nitrogens is 6. The van der Waals surface area contributed by atoms with E-state index in [0.717, 1.165) is 5.56 Å². The Morgan fingerprint density at radius 3 is 2.42 bits per heavy atom. The number of aliphatic carboxylic acids is 1. The quantitative estimate of drug-likeness (QED) is 0.205. The third-order valence-electron chi connectivity index (χ3n) is 7.77. The van der Waals surface area contributed by atoms with Crippen molar-refractivity contribution >= 4 is 40.8 Å². The Morgan fingerprint density at radius 1 is 1.02 bits per heavy atom. The van der Waals surface area contributed by atoms with Crippen LogP contribution in [-0.2, 0) is 9.59 Å². The monoisotopic (exact) mass is 724 g/mol. The van der Waals surface area contributed by atoms with E-state index in [9.17, 15) is 28.0 Å². The van der Waals surface area contributed by atoms with Gasteiger partial charge in [0.25, 0.3) is 5.56 Å². The molecule has 1 aliphatic heterocycles. The molecule has 0 aliphatic carbocycles. The zero-order valence-electron chi connectivity index (χ0n) is 25.9. The molecule has 0 fully saturated rings. The molecule has 2 atom stereocenters. The first-order chi connectivity index (χ1) is 23.7. The lowest BCUT2D eigenvalue weighted by Gasteiger charge is -2.23. The predicted molar refractivity (Wildman–Crippen MR) is 177 cm³/mol. The summed E-state index contributed by atoms with van der Waals surface area (Å²) < 4.78 is 34.8. The fourth-order valence-electron chi connectivity index (χ4n) is 5.28. The lowest BCUT2D eigenvalue weighted by atomic mass is 9.94. The van der Waals surface area contributed by atoms with Gasteiger partial charge >= 0.3 is 12.1 Å². The number of hydrogen-bond donors (Lipinski definition) is 2. The summed E-state index contributed by atoms with van der Waals surface area (Å²) in [5.41, 5.74) is 4.49. The van der Waals surface area contributed by atoms with Crippen LogP contribution in [0.5, 0.6) is 0 Å². The molecule has 0 spiro atoms. The van der Waals surface area contributed by atoms with Crippen molar-refractivity contribution in [1.82, 2.24) is 29.5 Å². The van der Waals surface area contributed by atoms with E-state index in [0.29, 0.717) is 63.7 Å². The van der Waals surface area contributed by atoms with Crippen molar-refractivity contribution in [3.8, 4) is 34.3 Å². The number of benzene rings is 2. The standard InChI is InChI=1S/C31H24Cl2N8O2.C2HF3O2/c1-18-3-2-4-27(20-9-10-35-24(12-20)22-7-5-19(15-34)11-26(22)37-31(18)43)40-17-36-25(14-30(40)42)23-13-21(32)6-8-28(23)41-16-29(33)38-39-41;3-2(4,5)1(6)7/h5-14,16-18,27H,2-4H2,1H3,(H,37,43);(H,6,7)/t18-,27+;/m1./s1. The Morgan fingerprint density at radius 2 is 1.76 bits per heavy atom. The van der Waals surface area contributed by atoms with Crippen molar-refractivity contribution in [3.63, 3.8) is 0 Å². The van der Waals surface area contributed by atoms with E-state index in [-0.39, 0.29) is 28.6 Å². The molecule has 256 valence electrons. The molecule has 17 heteroatoms. The van der Waals surface area contributed by atoms with Gasteiger partial charge in [-0.15, -0.1) is 5.10 Å². The van der Waals surface area contributed by atoms with Gasteiger partial charge in [-0.05, 0) is 66.9 Å². The number of amides is 1. The molecule has 4 heterocycles. The lowest BCUT2D eigenvalue weighted by molar-refractivity contribution is -0.192. The largest absolute Gasteiger partial charge is 0.490 e. The summed E-state index contributed by atoms with van der Waals surface area (Å²) in [6, 6.07) is 17.3. The number of carbonyl (C=O) groups excluding carboxylic acids is 1. The second-order valence-electron chi connectivity index (χ2n) is 11.2. The zero-order chi connectivity index (χ0) is 36.2. The van der Waals surface area contributed by atoms with E-state index in [4.69, 9.17) is 33.1 Å². The number of fused-ring (bicyclic) bond motifs is 4. The van der Waals surface area contributed by atoms with Crippen LogP contribution in [0, 0.1) is 17.2 Å². The van der Waals surface area contributed by atoms with E-state index in [1.165, 1.54) is 17.1 Å². The van der Waals surface area contributed by atoms with Gasteiger partial charge in [-0.25, -0.2) is 14.5 Å². The number of rotatable bonds is 3.